The van der Waals surface area contributed by atoms with Gasteiger partial charge in [0.05, 0.1) is 18.5 Å². The predicted molar refractivity (Wildman–Crippen MR) is 208 cm³/mol. The van der Waals surface area contributed by atoms with E-state index in [-0.39, 0.29) is 0 Å². The lowest BCUT2D eigenvalue weighted by molar-refractivity contribution is 0.286. The van der Waals surface area contributed by atoms with Gasteiger partial charge >= 0.3 is 0 Å². The smallest absolute Gasteiger partial charge is 0.161 e. The molecule has 0 fully saturated rings. The number of aryl methyl sites for hydroxylation is 4. The molecule has 0 N–H and O–H groups in total. The minimum absolute atomic E-state index is 0.462. The van der Waals surface area contributed by atoms with E-state index < -0.39 is 5.41 Å². The summed E-state index contributed by atoms with van der Waals surface area (Å²) in [7, 11) is 0. The average molecular weight is 669 g/mol. The Hall–Kier alpha value is -5.48. The number of hydrogen-bond donors (Lipinski definition) is 0. The van der Waals surface area contributed by atoms with Crippen LogP contribution in [0.25, 0.3) is 11.1 Å². The molecule has 0 aromatic heterocycles. The van der Waals surface area contributed by atoms with Gasteiger partial charge in [0.25, 0.3) is 0 Å². The van der Waals surface area contributed by atoms with E-state index >= 15 is 0 Å². The minimum Gasteiger partial charge on any atom is -0.472 e. The standard InChI is InChI=1S/C47H44N2O2/c1-29-23-31(3)41-25-48(27-50-45(41)33(29)5)37-19-15-35(16-20-37)47(43-13-9-7-11-39(43)40-12-8-10-14-44(40)47)36-17-21-38(22-18-36)49-26-42-32(4)24-30(2)34(6)46(42)51-28-49/h7-24H,25-28H2,1-6H3. The first-order chi connectivity index (χ1) is 24.8. The number of hydrogen-bond acceptors (Lipinski definition) is 4. The molecule has 2 heterocycles. The Morgan fingerprint density at radius 2 is 0.863 bits per heavy atom. The second kappa shape index (κ2) is 11.8. The Balaban J connectivity index is 1.11. The van der Waals surface area contributed by atoms with E-state index in [0.29, 0.717) is 13.5 Å². The second-order valence-electron chi connectivity index (χ2n) is 14.8. The van der Waals surface area contributed by atoms with Gasteiger partial charge in [-0.1, -0.05) is 84.9 Å². The highest BCUT2D eigenvalue weighted by atomic mass is 16.5. The third-order valence-electron chi connectivity index (χ3n) is 11.9. The fourth-order valence-corrected chi connectivity index (χ4v) is 8.95. The summed E-state index contributed by atoms with van der Waals surface area (Å²) in [5.41, 5.74) is 19.8. The van der Waals surface area contributed by atoms with Gasteiger partial charge in [-0.15, -0.1) is 0 Å². The topological polar surface area (TPSA) is 24.9 Å². The van der Waals surface area contributed by atoms with Gasteiger partial charge < -0.3 is 19.3 Å². The zero-order valence-electron chi connectivity index (χ0n) is 30.4. The molecule has 0 radical (unpaired) electrons. The number of anilines is 2. The van der Waals surface area contributed by atoms with E-state index in [9.17, 15) is 0 Å². The molecule has 0 spiro atoms. The monoisotopic (exact) mass is 668 g/mol. The maximum absolute atomic E-state index is 6.41. The van der Waals surface area contributed by atoms with Crippen molar-refractivity contribution in [3.8, 4) is 22.6 Å². The zero-order valence-corrected chi connectivity index (χ0v) is 30.4. The van der Waals surface area contributed by atoms with Crippen molar-refractivity contribution >= 4 is 11.4 Å². The lowest BCUT2D eigenvalue weighted by Crippen LogP contribution is -2.33. The Morgan fingerprint density at radius 1 is 0.471 bits per heavy atom. The maximum atomic E-state index is 6.41. The molecule has 0 atom stereocenters. The summed E-state index contributed by atoms with van der Waals surface area (Å²) >= 11 is 0. The summed E-state index contributed by atoms with van der Waals surface area (Å²) in [5, 5.41) is 0. The van der Waals surface area contributed by atoms with Crippen LogP contribution in [0.1, 0.15) is 66.8 Å². The van der Waals surface area contributed by atoms with Gasteiger partial charge in [-0.25, -0.2) is 0 Å². The van der Waals surface area contributed by atoms with Gasteiger partial charge in [-0.2, -0.15) is 0 Å². The number of fused-ring (bicyclic) bond motifs is 5. The zero-order chi connectivity index (χ0) is 35.0. The average Bonchev–Trinajstić information content (AvgIpc) is 3.47. The lowest BCUT2D eigenvalue weighted by atomic mass is 9.67. The Bertz CT molecular complexity index is 2170. The van der Waals surface area contributed by atoms with Crippen LogP contribution in [0.5, 0.6) is 11.5 Å². The van der Waals surface area contributed by atoms with Gasteiger partial charge in [0.2, 0.25) is 0 Å². The van der Waals surface area contributed by atoms with Crippen LogP contribution in [0, 0.1) is 41.5 Å². The lowest BCUT2D eigenvalue weighted by Gasteiger charge is -2.36. The molecule has 3 aliphatic rings. The van der Waals surface area contributed by atoms with Crippen molar-refractivity contribution in [3.63, 3.8) is 0 Å². The van der Waals surface area contributed by atoms with Crippen molar-refractivity contribution < 1.29 is 9.47 Å². The third kappa shape index (κ3) is 4.72. The fourth-order valence-electron chi connectivity index (χ4n) is 8.95. The number of benzene rings is 6. The second-order valence-corrected chi connectivity index (χ2v) is 14.8. The van der Waals surface area contributed by atoms with Crippen molar-refractivity contribution in [3.05, 3.63) is 176 Å². The molecule has 6 aromatic rings. The van der Waals surface area contributed by atoms with Crippen LogP contribution in [0.15, 0.2) is 109 Å². The third-order valence-corrected chi connectivity index (χ3v) is 11.9. The first-order valence-electron chi connectivity index (χ1n) is 18.1. The van der Waals surface area contributed by atoms with Crippen LogP contribution in [-0.4, -0.2) is 13.5 Å². The van der Waals surface area contributed by atoms with E-state index in [2.05, 4.69) is 161 Å². The van der Waals surface area contributed by atoms with Gasteiger partial charge in [0.15, 0.2) is 13.5 Å². The highest BCUT2D eigenvalue weighted by Crippen LogP contribution is 2.56. The summed E-state index contributed by atoms with van der Waals surface area (Å²) in [6, 6.07) is 41.0. The number of nitrogens with zero attached hydrogens (tertiary/aromatic N) is 2. The van der Waals surface area contributed by atoms with Gasteiger partial charge in [0.1, 0.15) is 11.5 Å². The van der Waals surface area contributed by atoms with E-state index in [1.165, 1.54) is 77.9 Å². The summed E-state index contributed by atoms with van der Waals surface area (Å²) < 4.78 is 12.8. The summed E-state index contributed by atoms with van der Waals surface area (Å²) in [6.45, 7) is 15.8. The Morgan fingerprint density at radius 3 is 1.27 bits per heavy atom. The number of rotatable bonds is 4. The molecule has 0 unspecified atom stereocenters. The van der Waals surface area contributed by atoms with Crippen molar-refractivity contribution in [2.24, 2.45) is 0 Å². The van der Waals surface area contributed by atoms with Crippen LogP contribution in [0.2, 0.25) is 0 Å². The highest BCUT2D eigenvalue weighted by Gasteiger charge is 2.46. The molecule has 254 valence electrons. The number of ether oxygens (including phenoxy) is 2. The first-order valence-corrected chi connectivity index (χ1v) is 18.1. The molecule has 9 rings (SSSR count). The fraction of sp³-hybridized carbons (Fsp3) is 0.234. The van der Waals surface area contributed by atoms with Crippen LogP contribution < -0.4 is 19.3 Å². The maximum Gasteiger partial charge on any atom is 0.161 e. The van der Waals surface area contributed by atoms with Gasteiger partial charge in [0, 0.05) is 22.5 Å². The molecular formula is C47H44N2O2. The van der Waals surface area contributed by atoms with Crippen molar-refractivity contribution in [2.75, 3.05) is 23.3 Å². The Labute approximate surface area is 301 Å². The summed E-state index contributed by atoms with van der Waals surface area (Å²) in [4.78, 5) is 4.69. The quantitative estimate of drug-likeness (QED) is 0.186. The van der Waals surface area contributed by atoms with E-state index in [1.54, 1.807) is 0 Å². The van der Waals surface area contributed by atoms with E-state index in [1.807, 2.05) is 0 Å². The van der Waals surface area contributed by atoms with Crippen LogP contribution >= 0.6 is 0 Å². The minimum atomic E-state index is -0.462. The SMILES string of the molecule is Cc1cc(C)c2c(c1C)OCN(c1ccc(C3(c4ccc(N5COc6c(C)c(C)cc(C)c6C5)cc4)c4ccccc4-c4ccccc43)cc1)C2. The summed E-state index contributed by atoms with van der Waals surface area (Å²) in [6.07, 6.45) is 0. The molecule has 1 aliphatic carbocycles. The molecule has 0 amide bonds. The molecule has 2 aliphatic heterocycles. The molecule has 4 nitrogen and oxygen atoms in total. The van der Waals surface area contributed by atoms with Crippen molar-refractivity contribution in [1.82, 2.24) is 0 Å². The van der Waals surface area contributed by atoms with Crippen molar-refractivity contribution in [2.45, 2.75) is 60.0 Å². The van der Waals surface area contributed by atoms with Crippen LogP contribution in [0.4, 0.5) is 11.4 Å². The largest absolute Gasteiger partial charge is 0.472 e. The summed E-state index contributed by atoms with van der Waals surface area (Å²) in [5.74, 6) is 2.12. The van der Waals surface area contributed by atoms with E-state index in [4.69, 9.17) is 9.47 Å². The van der Waals surface area contributed by atoms with Gasteiger partial charge in [-0.3, -0.25) is 0 Å². The Kier molecular flexibility index (Phi) is 7.29. The van der Waals surface area contributed by atoms with E-state index in [0.717, 1.165) is 36.0 Å². The highest BCUT2D eigenvalue weighted by molar-refractivity contribution is 5.86. The van der Waals surface area contributed by atoms with Crippen LogP contribution in [-0.2, 0) is 18.5 Å². The molecule has 0 saturated carbocycles. The molecule has 0 bridgehead atoms. The molecule has 0 saturated heterocycles. The van der Waals surface area contributed by atoms with Crippen molar-refractivity contribution in [1.29, 1.82) is 0 Å². The predicted octanol–water partition coefficient (Wildman–Crippen LogP) is 10.6. The molecular weight excluding hydrogens is 625 g/mol. The normalized spacial score (nSPS) is 15.3. The molecule has 6 aromatic carbocycles. The molecule has 4 heteroatoms. The molecule has 51 heavy (non-hydrogen) atoms. The van der Waals surface area contributed by atoms with Gasteiger partial charge in [-0.05, 0) is 133 Å². The van der Waals surface area contributed by atoms with Crippen LogP contribution in [0.3, 0.4) is 0 Å². The first kappa shape index (κ1) is 31.5.